The maximum atomic E-state index is 6.04. The predicted octanol–water partition coefficient (Wildman–Crippen LogP) is 4.29. The van der Waals surface area contributed by atoms with Crippen LogP contribution in [0.25, 0.3) is 0 Å². The average molecular weight is 230 g/mol. The van der Waals surface area contributed by atoms with Crippen molar-refractivity contribution < 1.29 is 9.16 Å². The van der Waals surface area contributed by atoms with Gasteiger partial charge in [0, 0.05) is 0 Å². The van der Waals surface area contributed by atoms with E-state index in [0.717, 1.165) is 0 Å². The first-order valence-corrected chi connectivity index (χ1v) is 8.53. The molecule has 0 heterocycles. The minimum absolute atomic E-state index is 0.168. The van der Waals surface area contributed by atoms with Crippen molar-refractivity contribution in [1.29, 1.82) is 0 Å². The van der Waals surface area contributed by atoms with Gasteiger partial charge in [-0.15, -0.1) is 0 Å². The van der Waals surface area contributed by atoms with Crippen LogP contribution in [0.15, 0.2) is 12.0 Å². The van der Waals surface area contributed by atoms with Gasteiger partial charge in [-0.05, 0) is 45.0 Å². The average Bonchev–Trinajstić information content (AvgIpc) is 1.99. The first-order valence-electron chi connectivity index (χ1n) is 5.62. The molecule has 0 unspecified atom stereocenters. The van der Waals surface area contributed by atoms with E-state index in [1.165, 1.54) is 0 Å². The summed E-state index contributed by atoms with van der Waals surface area (Å²) in [7, 11) is -1.75. The lowest BCUT2D eigenvalue weighted by Crippen LogP contribution is -2.40. The zero-order chi connectivity index (χ0) is 12.3. The second kappa shape index (κ2) is 5.06. The molecule has 2 nitrogen and oxygen atoms in total. The van der Waals surface area contributed by atoms with Crippen molar-refractivity contribution in [2.24, 2.45) is 0 Å². The summed E-state index contributed by atoms with van der Waals surface area (Å²) in [5.74, 6) is 0.677. The Bertz CT molecular complexity index is 224. The summed E-state index contributed by atoms with van der Waals surface area (Å²) in [6.07, 6.45) is 2.07. The highest BCUT2D eigenvalue weighted by Crippen LogP contribution is 2.38. The van der Waals surface area contributed by atoms with E-state index in [4.69, 9.17) is 9.16 Å². The summed E-state index contributed by atoms with van der Waals surface area (Å²) in [6, 6.07) is 0. The molecule has 0 saturated carbocycles. The molecule has 0 bridgehead atoms. The van der Waals surface area contributed by atoms with Gasteiger partial charge in [-0.2, -0.15) is 0 Å². The van der Waals surface area contributed by atoms with Crippen molar-refractivity contribution in [2.45, 2.75) is 65.8 Å². The Morgan fingerprint density at radius 3 is 1.93 bits per heavy atom. The van der Waals surface area contributed by atoms with Crippen LogP contribution < -0.4 is 0 Å². The van der Waals surface area contributed by atoms with Crippen LogP contribution in [0.5, 0.6) is 0 Å². The fraction of sp³-hybridized carbons (Fsp3) is 0.833. The Balaban J connectivity index is 4.56. The van der Waals surface area contributed by atoms with Crippen molar-refractivity contribution in [3.63, 3.8) is 0 Å². The van der Waals surface area contributed by atoms with Gasteiger partial charge in [0.1, 0.15) is 0 Å². The molecule has 90 valence electrons. The summed E-state index contributed by atoms with van der Waals surface area (Å²) in [4.78, 5) is 0. The molecule has 0 aliphatic carbocycles. The largest absolute Gasteiger partial charge is 0.519 e. The third kappa shape index (κ3) is 4.73. The molecular formula is C12H26O2Si. The second-order valence-corrected chi connectivity index (χ2v) is 10.4. The van der Waals surface area contributed by atoms with E-state index in [-0.39, 0.29) is 11.1 Å². The van der Waals surface area contributed by atoms with Crippen molar-refractivity contribution in [1.82, 2.24) is 0 Å². The lowest BCUT2D eigenvalue weighted by Gasteiger charge is -2.37. The number of ether oxygens (including phenoxy) is 1. The SMILES string of the molecule is C/C=C(/OC(C)C)O[Si](C)(C)C(C)(C)C. The highest BCUT2D eigenvalue weighted by Gasteiger charge is 2.39. The predicted molar refractivity (Wildman–Crippen MR) is 68.3 cm³/mol. The van der Waals surface area contributed by atoms with E-state index in [0.29, 0.717) is 5.95 Å². The van der Waals surface area contributed by atoms with Gasteiger partial charge in [-0.1, -0.05) is 20.8 Å². The molecule has 0 aromatic heterocycles. The molecule has 0 aromatic rings. The van der Waals surface area contributed by atoms with Crippen LogP contribution in [-0.4, -0.2) is 14.4 Å². The molecule has 3 heteroatoms. The summed E-state index contributed by atoms with van der Waals surface area (Å²) >= 11 is 0. The van der Waals surface area contributed by atoms with Crippen LogP contribution in [0, 0.1) is 0 Å². The first kappa shape index (κ1) is 14.6. The second-order valence-electron chi connectivity index (χ2n) is 5.64. The third-order valence-corrected chi connectivity index (χ3v) is 7.07. The Labute approximate surface area is 95.8 Å². The van der Waals surface area contributed by atoms with Gasteiger partial charge in [0.25, 0.3) is 14.3 Å². The molecule has 0 fully saturated rings. The number of hydrogen-bond donors (Lipinski definition) is 0. The molecule has 0 aliphatic rings. The smallest absolute Gasteiger partial charge is 0.261 e. The fourth-order valence-corrected chi connectivity index (χ4v) is 1.76. The van der Waals surface area contributed by atoms with Crippen LogP contribution in [0.2, 0.25) is 18.1 Å². The zero-order valence-corrected chi connectivity index (χ0v) is 12.5. The van der Waals surface area contributed by atoms with E-state index in [1.807, 2.05) is 26.8 Å². The molecule has 0 N–H and O–H groups in total. The van der Waals surface area contributed by atoms with E-state index in [9.17, 15) is 0 Å². The van der Waals surface area contributed by atoms with Gasteiger partial charge in [-0.25, -0.2) is 0 Å². The lowest BCUT2D eigenvalue weighted by atomic mass is 10.2. The first-order chi connectivity index (χ1) is 6.60. The molecular weight excluding hydrogens is 204 g/mol. The van der Waals surface area contributed by atoms with Gasteiger partial charge in [0.05, 0.1) is 6.10 Å². The standard InChI is InChI=1S/C12H26O2Si/c1-9-11(13-10(2)3)14-15(7,8)12(4,5)6/h9-10H,1-8H3/b11-9-. The van der Waals surface area contributed by atoms with Crippen LogP contribution in [0.3, 0.4) is 0 Å². The Morgan fingerprint density at radius 2 is 1.67 bits per heavy atom. The van der Waals surface area contributed by atoms with Crippen molar-refractivity contribution in [3.8, 4) is 0 Å². The molecule has 15 heavy (non-hydrogen) atoms. The van der Waals surface area contributed by atoms with Gasteiger partial charge in [-0.3, -0.25) is 0 Å². The molecule has 0 spiro atoms. The Morgan fingerprint density at radius 1 is 1.20 bits per heavy atom. The monoisotopic (exact) mass is 230 g/mol. The third-order valence-electron chi connectivity index (χ3n) is 2.75. The Hall–Kier alpha value is -0.443. The van der Waals surface area contributed by atoms with Gasteiger partial charge < -0.3 is 9.16 Å². The van der Waals surface area contributed by atoms with Crippen molar-refractivity contribution in [2.75, 3.05) is 0 Å². The molecule has 0 atom stereocenters. The highest BCUT2D eigenvalue weighted by molar-refractivity contribution is 6.74. The quantitative estimate of drug-likeness (QED) is 0.530. The van der Waals surface area contributed by atoms with E-state index in [1.54, 1.807) is 0 Å². The normalized spacial score (nSPS) is 14.3. The number of allylic oxidation sites excluding steroid dienone is 1. The topological polar surface area (TPSA) is 18.5 Å². The number of hydrogen-bond acceptors (Lipinski definition) is 2. The summed E-state index contributed by atoms with van der Waals surface area (Å²) in [6.45, 7) is 17.1. The molecule has 0 amide bonds. The van der Waals surface area contributed by atoms with Crippen molar-refractivity contribution >= 4 is 8.32 Å². The zero-order valence-electron chi connectivity index (χ0n) is 11.5. The molecule has 0 radical (unpaired) electrons. The lowest BCUT2D eigenvalue weighted by molar-refractivity contribution is 0.0565. The van der Waals surface area contributed by atoms with Crippen LogP contribution in [0.1, 0.15) is 41.5 Å². The molecule has 0 aliphatic heterocycles. The molecule has 0 rings (SSSR count). The maximum absolute atomic E-state index is 6.04. The molecule has 0 saturated heterocycles. The Kier molecular flexibility index (Phi) is 4.91. The minimum Gasteiger partial charge on any atom is -0.519 e. The van der Waals surface area contributed by atoms with Crippen LogP contribution in [0.4, 0.5) is 0 Å². The van der Waals surface area contributed by atoms with Gasteiger partial charge in [0.2, 0.25) is 0 Å². The number of rotatable bonds is 4. The van der Waals surface area contributed by atoms with Crippen LogP contribution >= 0.6 is 0 Å². The summed E-state index contributed by atoms with van der Waals surface area (Å²) < 4.78 is 11.6. The van der Waals surface area contributed by atoms with Gasteiger partial charge >= 0.3 is 0 Å². The summed E-state index contributed by atoms with van der Waals surface area (Å²) in [5, 5.41) is 0.210. The van der Waals surface area contributed by atoms with E-state index < -0.39 is 8.32 Å². The molecule has 0 aromatic carbocycles. The van der Waals surface area contributed by atoms with Crippen LogP contribution in [-0.2, 0) is 9.16 Å². The maximum Gasteiger partial charge on any atom is 0.261 e. The van der Waals surface area contributed by atoms with E-state index in [2.05, 4.69) is 33.9 Å². The van der Waals surface area contributed by atoms with E-state index >= 15 is 0 Å². The summed E-state index contributed by atoms with van der Waals surface area (Å²) in [5.41, 5.74) is 0. The highest BCUT2D eigenvalue weighted by atomic mass is 28.4. The van der Waals surface area contributed by atoms with Crippen molar-refractivity contribution in [3.05, 3.63) is 12.0 Å². The fourth-order valence-electron chi connectivity index (χ4n) is 0.788. The van der Waals surface area contributed by atoms with Gasteiger partial charge in [0.15, 0.2) is 0 Å². The minimum atomic E-state index is -1.75.